The Kier molecular flexibility index (Phi) is 9.35. The highest BCUT2D eigenvalue weighted by atomic mass is 32.1. The Balaban J connectivity index is 0.878. The first-order valence-corrected chi connectivity index (χ1v) is 26.5. The zero-order chi connectivity index (χ0) is 49.9. The summed E-state index contributed by atoms with van der Waals surface area (Å²) in [7, 11) is 0. The molecule has 0 aliphatic heterocycles. The van der Waals surface area contributed by atoms with Gasteiger partial charge in [0, 0.05) is 58.4 Å². The van der Waals surface area contributed by atoms with Gasteiger partial charge < -0.3 is 8.83 Å². The van der Waals surface area contributed by atoms with E-state index in [9.17, 15) is 0 Å². The van der Waals surface area contributed by atoms with Crippen molar-refractivity contribution in [3.63, 3.8) is 0 Å². The molecule has 5 nitrogen and oxygen atoms in total. The molecule has 0 bridgehead atoms. The Morgan fingerprint density at radius 3 is 1.53 bits per heavy atom. The lowest BCUT2D eigenvalue weighted by molar-refractivity contribution is 0.668. The summed E-state index contributed by atoms with van der Waals surface area (Å²) in [5.41, 5.74) is 17.5. The molecule has 4 heterocycles. The molecule has 354 valence electrons. The highest BCUT2D eigenvalue weighted by Crippen LogP contribution is 2.58. The van der Waals surface area contributed by atoms with E-state index in [2.05, 4.69) is 206 Å². The second kappa shape index (κ2) is 16.6. The number of thiophene rings is 1. The number of rotatable bonds is 7. The van der Waals surface area contributed by atoms with Gasteiger partial charge in [0.05, 0.1) is 5.41 Å². The number of benzene rings is 11. The third kappa shape index (κ3) is 6.28. The van der Waals surface area contributed by atoms with Crippen LogP contribution in [0.4, 0.5) is 0 Å². The Hall–Kier alpha value is -9.75. The van der Waals surface area contributed by atoms with Gasteiger partial charge >= 0.3 is 0 Å². The summed E-state index contributed by atoms with van der Waals surface area (Å²) in [5.74, 6) is 1.72. The number of para-hydroxylation sites is 1. The van der Waals surface area contributed by atoms with Crippen molar-refractivity contribution in [2.45, 2.75) is 5.41 Å². The first kappa shape index (κ1) is 42.7. The molecular weight excluding hydrogens is 947 g/mol. The average molecular weight is 988 g/mol. The van der Waals surface area contributed by atoms with E-state index in [0.29, 0.717) is 17.5 Å². The number of nitrogens with zero attached hydrogens (tertiary/aromatic N) is 3. The summed E-state index contributed by atoms with van der Waals surface area (Å²) in [5, 5.41) is 6.22. The van der Waals surface area contributed by atoms with E-state index in [0.717, 1.165) is 82.6 Å². The van der Waals surface area contributed by atoms with E-state index in [1.54, 1.807) is 11.3 Å². The number of aromatic nitrogens is 3. The molecule has 0 saturated carbocycles. The van der Waals surface area contributed by atoms with Gasteiger partial charge in [-0.05, 0) is 104 Å². The lowest BCUT2D eigenvalue weighted by Gasteiger charge is -2.34. The summed E-state index contributed by atoms with van der Waals surface area (Å²) in [6.45, 7) is 0. The van der Waals surface area contributed by atoms with Crippen LogP contribution in [0.25, 0.3) is 132 Å². The van der Waals surface area contributed by atoms with Crippen molar-refractivity contribution >= 4 is 75.4 Å². The third-order valence-electron chi connectivity index (χ3n) is 15.6. The fourth-order valence-electron chi connectivity index (χ4n) is 12.5. The molecule has 16 rings (SSSR count). The molecule has 11 aromatic carbocycles. The molecule has 0 radical (unpaired) electrons. The average Bonchev–Trinajstić information content (AvgIpc) is 4.34. The van der Waals surface area contributed by atoms with E-state index in [-0.39, 0.29) is 0 Å². The summed E-state index contributed by atoms with van der Waals surface area (Å²) in [4.78, 5) is 16.2. The monoisotopic (exact) mass is 987 g/mol. The van der Waals surface area contributed by atoms with E-state index in [1.165, 1.54) is 53.7 Å². The third-order valence-corrected chi connectivity index (χ3v) is 16.8. The molecule has 0 unspecified atom stereocenters. The van der Waals surface area contributed by atoms with Crippen LogP contribution in [0.15, 0.2) is 258 Å². The molecule has 4 aromatic heterocycles. The molecule has 76 heavy (non-hydrogen) atoms. The standard InChI is InChI=1S/C70H41N3O2S/c1-3-20-45(21-4-1)70(46-22-5-2-6-23-46)55-31-10-7-24-48(55)63-47(27-14-32-56(63)70)44-19-13-18-42(40-44)43-38-39-58-54(41-43)65-52(29-16-35-60(65)75-58)68-71-67(51-28-15-34-59-64(51)49-25-8-11-33-57(49)74-59)72-69(73-68)53-30-17-37-62-66(53)50-26-9-12-36-61(50)76-62/h1-41H. The minimum atomic E-state index is -0.486. The molecule has 6 heteroatoms. The van der Waals surface area contributed by atoms with E-state index in [1.807, 2.05) is 42.5 Å². The van der Waals surface area contributed by atoms with Crippen molar-refractivity contribution in [3.8, 4) is 67.5 Å². The fourth-order valence-corrected chi connectivity index (χ4v) is 13.6. The van der Waals surface area contributed by atoms with Crippen LogP contribution in [0.5, 0.6) is 0 Å². The highest BCUT2D eigenvalue weighted by molar-refractivity contribution is 7.25. The van der Waals surface area contributed by atoms with Crippen LogP contribution >= 0.6 is 11.3 Å². The Labute approximate surface area is 440 Å². The predicted octanol–water partition coefficient (Wildman–Crippen LogP) is 18.7. The van der Waals surface area contributed by atoms with Crippen molar-refractivity contribution in [2.24, 2.45) is 0 Å². The summed E-state index contributed by atoms with van der Waals surface area (Å²) >= 11 is 1.78. The Morgan fingerprint density at radius 1 is 0.303 bits per heavy atom. The van der Waals surface area contributed by atoms with Gasteiger partial charge in [-0.15, -0.1) is 11.3 Å². The highest BCUT2D eigenvalue weighted by Gasteiger charge is 2.46. The summed E-state index contributed by atoms with van der Waals surface area (Å²) < 4.78 is 15.5. The fraction of sp³-hybridized carbons (Fsp3) is 0.0143. The zero-order valence-corrected chi connectivity index (χ0v) is 41.6. The van der Waals surface area contributed by atoms with Gasteiger partial charge in [-0.3, -0.25) is 0 Å². The van der Waals surface area contributed by atoms with Crippen molar-refractivity contribution in [3.05, 3.63) is 271 Å². The quantitative estimate of drug-likeness (QED) is 0.159. The maximum absolute atomic E-state index is 6.71. The molecule has 0 spiro atoms. The molecule has 1 aliphatic rings. The minimum absolute atomic E-state index is 0.486. The number of fused-ring (bicyclic) bond motifs is 12. The molecule has 0 N–H and O–H groups in total. The maximum Gasteiger partial charge on any atom is 0.164 e. The maximum atomic E-state index is 6.71. The Morgan fingerprint density at radius 2 is 0.789 bits per heavy atom. The molecule has 0 atom stereocenters. The SMILES string of the molecule is c1ccc(C2(c3ccccc3)c3ccccc3-c3c(-c4cccc(-c5ccc6oc7cccc(-c8nc(-c9cccc%10oc%11ccccc%11c9%10)nc(-c9cccc%10sc%11ccccc%11c9%10)n8)c7c6c5)c4)cccc32)cc1. The van der Waals surface area contributed by atoms with Gasteiger partial charge in [0.25, 0.3) is 0 Å². The number of furan rings is 2. The normalized spacial score (nSPS) is 12.8. The predicted molar refractivity (Wildman–Crippen MR) is 312 cm³/mol. The smallest absolute Gasteiger partial charge is 0.164 e. The molecule has 0 fully saturated rings. The first-order chi connectivity index (χ1) is 37.7. The first-order valence-electron chi connectivity index (χ1n) is 25.7. The van der Waals surface area contributed by atoms with Gasteiger partial charge in [-0.1, -0.05) is 200 Å². The Bertz CT molecular complexity index is 4670. The van der Waals surface area contributed by atoms with Crippen LogP contribution in [0.2, 0.25) is 0 Å². The number of hydrogen-bond acceptors (Lipinski definition) is 6. The van der Waals surface area contributed by atoms with Crippen LogP contribution < -0.4 is 0 Å². The van der Waals surface area contributed by atoms with Gasteiger partial charge in [-0.25, -0.2) is 15.0 Å². The molecule has 0 amide bonds. The molecule has 0 saturated heterocycles. The van der Waals surface area contributed by atoms with Crippen LogP contribution in [-0.4, -0.2) is 15.0 Å². The van der Waals surface area contributed by atoms with Crippen molar-refractivity contribution < 1.29 is 8.83 Å². The van der Waals surface area contributed by atoms with E-state index < -0.39 is 5.41 Å². The van der Waals surface area contributed by atoms with Crippen LogP contribution in [0, 0.1) is 0 Å². The summed E-state index contributed by atoms with van der Waals surface area (Å²) in [6, 6.07) is 88.8. The van der Waals surface area contributed by atoms with Gasteiger partial charge in [-0.2, -0.15) is 0 Å². The van der Waals surface area contributed by atoms with Crippen molar-refractivity contribution in [1.29, 1.82) is 0 Å². The lowest BCUT2D eigenvalue weighted by atomic mass is 9.67. The van der Waals surface area contributed by atoms with Gasteiger partial charge in [0.2, 0.25) is 0 Å². The van der Waals surface area contributed by atoms with E-state index in [4.69, 9.17) is 23.8 Å². The number of hydrogen-bond donors (Lipinski definition) is 0. The molecular formula is C70H41N3O2S. The molecule has 15 aromatic rings. The van der Waals surface area contributed by atoms with Crippen LogP contribution in [-0.2, 0) is 5.41 Å². The molecule has 1 aliphatic carbocycles. The van der Waals surface area contributed by atoms with Crippen molar-refractivity contribution in [2.75, 3.05) is 0 Å². The topological polar surface area (TPSA) is 65.0 Å². The zero-order valence-electron chi connectivity index (χ0n) is 40.7. The second-order valence-corrected chi connectivity index (χ2v) is 20.8. The minimum Gasteiger partial charge on any atom is -0.456 e. The summed E-state index contributed by atoms with van der Waals surface area (Å²) in [6.07, 6.45) is 0. The lowest BCUT2D eigenvalue weighted by Crippen LogP contribution is -2.28. The van der Waals surface area contributed by atoms with Crippen LogP contribution in [0.1, 0.15) is 22.3 Å². The van der Waals surface area contributed by atoms with Gasteiger partial charge in [0.1, 0.15) is 22.3 Å². The van der Waals surface area contributed by atoms with E-state index >= 15 is 0 Å². The largest absolute Gasteiger partial charge is 0.456 e. The second-order valence-electron chi connectivity index (χ2n) is 19.7. The van der Waals surface area contributed by atoms with Gasteiger partial charge in [0.15, 0.2) is 17.5 Å². The van der Waals surface area contributed by atoms with Crippen LogP contribution in [0.3, 0.4) is 0 Å². The van der Waals surface area contributed by atoms with Crippen molar-refractivity contribution in [1.82, 2.24) is 15.0 Å².